The zero-order valence-electron chi connectivity index (χ0n) is 16.3. The van der Waals surface area contributed by atoms with E-state index in [0.29, 0.717) is 30.2 Å². The predicted molar refractivity (Wildman–Crippen MR) is 128 cm³/mol. The van der Waals surface area contributed by atoms with Gasteiger partial charge < -0.3 is 16.0 Å². The SMILES string of the molecule is CCNC(=NCCc1nc(C)c(C)s1)NCCNC(=O)c1ccc(Cl)cc1.I. The van der Waals surface area contributed by atoms with E-state index in [9.17, 15) is 4.79 Å². The summed E-state index contributed by atoms with van der Waals surface area (Å²) in [6, 6.07) is 6.82. The molecular formula is C19H27ClIN5OS. The highest BCUT2D eigenvalue weighted by Crippen LogP contribution is 2.16. The molecular weight excluding hydrogens is 509 g/mol. The molecule has 2 rings (SSSR count). The van der Waals surface area contributed by atoms with Gasteiger partial charge in [-0.05, 0) is 45.0 Å². The maximum atomic E-state index is 12.1. The van der Waals surface area contributed by atoms with Gasteiger partial charge >= 0.3 is 0 Å². The fourth-order valence-corrected chi connectivity index (χ4v) is 3.36. The number of amides is 1. The third-order valence-corrected chi connectivity index (χ3v) is 5.21. The first-order valence-electron chi connectivity index (χ1n) is 8.98. The zero-order valence-corrected chi connectivity index (χ0v) is 20.2. The number of thiazole rings is 1. The summed E-state index contributed by atoms with van der Waals surface area (Å²) in [5.41, 5.74) is 1.69. The first-order valence-corrected chi connectivity index (χ1v) is 10.2. The number of aryl methyl sites for hydroxylation is 2. The maximum absolute atomic E-state index is 12.1. The van der Waals surface area contributed by atoms with Crippen LogP contribution in [-0.4, -0.2) is 43.0 Å². The van der Waals surface area contributed by atoms with Gasteiger partial charge in [0.1, 0.15) is 0 Å². The Morgan fingerprint density at radius 3 is 2.43 bits per heavy atom. The highest BCUT2D eigenvalue weighted by Gasteiger charge is 2.05. The lowest BCUT2D eigenvalue weighted by atomic mass is 10.2. The van der Waals surface area contributed by atoms with E-state index in [1.165, 1.54) is 4.88 Å². The van der Waals surface area contributed by atoms with Crippen LogP contribution in [-0.2, 0) is 6.42 Å². The highest BCUT2D eigenvalue weighted by atomic mass is 127. The van der Waals surface area contributed by atoms with Crippen LogP contribution in [0.3, 0.4) is 0 Å². The molecule has 1 heterocycles. The number of aromatic nitrogens is 1. The average Bonchev–Trinajstić information content (AvgIpc) is 2.96. The van der Waals surface area contributed by atoms with Crippen molar-refractivity contribution in [1.82, 2.24) is 20.9 Å². The smallest absolute Gasteiger partial charge is 0.251 e. The number of hydrogen-bond acceptors (Lipinski definition) is 4. The normalized spacial score (nSPS) is 10.9. The van der Waals surface area contributed by atoms with Crippen molar-refractivity contribution in [3.63, 3.8) is 0 Å². The van der Waals surface area contributed by atoms with Crippen molar-refractivity contribution in [3.8, 4) is 0 Å². The lowest BCUT2D eigenvalue weighted by Gasteiger charge is -2.11. The van der Waals surface area contributed by atoms with Crippen LogP contribution in [0.1, 0.15) is 32.9 Å². The Morgan fingerprint density at radius 1 is 1.14 bits per heavy atom. The monoisotopic (exact) mass is 535 g/mol. The summed E-state index contributed by atoms with van der Waals surface area (Å²) in [7, 11) is 0. The zero-order chi connectivity index (χ0) is 19.6. The largest absolute Gasteiger partial charge is 0.357 e. The van der Waals surface area contributed by atoms with Gasteiger partial charge in [-0.3, -0.25) is 9.79 Å². The van der Waals surface area contributed by atoms with E-state index in [4.69, 9.17) is 11.6 Å². The number of rotatable bonds is 8. The van der Waals surface area contributed by atoms with Crippen molar-refractivity contribution in [2.45, 2.75) is 27.2 Å². The molecule has 0 bridgehead atoms. The van der Waals surface area contributed by atoms with Gasteiger partial charge in [-0.15, -0.1) is 35.3 Å². The molecule has 0 aliphatic carbocycles. The second-order valence-electron chi connectivity index (χ2n) is 5.95. The number of aliphatic imine (C=N–C) groups is 1. The quantitative estimate of drug-likeness (QED) is 0.209. The maximum Gasteiger partial charge on any atom is 0.251 e. The van der Waals surface area contributed by atoms with Crippen LogP contribution in [0.2, 0.25) is 5.02 Å². The minimum absolute atomic E-state index is 0. The number of benzene rings is 1. The summed E-state index contributed by atoms with van der Waals surface area (Å²) in [5.74, 6) is 0.619. The van der Waals surface area contributed by atoms with Crippen LogP contribution in [0.15, 0.2) is 29.3 Å². The molecule has 6 nitrogen and oxygen atoms in total. The number of hydrogen-bond donors (Lipinski definition) is 3. The third-order valence-electron chi connectivity index (χ3n) is 3.82. The average molecular weight is 536 g/mol. The van der Waals surface area contributed by atoms with Crippen LogP contribution >= 0.6 is 46.9 Å². The standard InChI is InChI=1S/C19H26ClN5OS.HI/c1-4-21-19(23-10-9-17-25-13(2)14(3)27-17)24-12-11-22-18(26)15-5-7-16(20)8-6-15;/h5-8H,4,9-12H2,1-3H3,(H,22,26)(H2,21,23,24);1H. The lowest BCUT2D eigenvalue weighted by molar-refractivity contribution is 0.0954. The fourth-order valence-electron chi connectivity index (χ4n) is 2.31. The number of carbonyl (C=O) groups is 1. The molecule has 154 valence electrons. The van der Waals surface area contributed by atoms with Gasteiger partial charge in [-0.2, -0.15) is 0 Å². The van der Waals surface area contributed by atoms with Crippen LogP contribution in [0.4, 0.5) is 0 Å². The van der Waals surface area contributed by atoms with E-state index in [1.807, 2.05) is 13.8 Å². The minimum atomic E-state index is -0.120. The van der Waals surface area contributed by atoms with Gasteiger partial charge in [0.05, 0.1) is 10.7 Å². The number of guanidine groups is 1. The summed E-state index contributed by atoms with van der Waals surface area (Å²) in [5, 5.41) is 11.0. The fraction of sp³-hybridized carbons (Fsp3) is 0.421. The summed E-state index contributed by atoms with van der Waals surface area (Å²) in [4.78, 5) is 22.4. The number of halogens is 2. The number of nitrogens with one attached hydrogen (secondary N) is 3. The molecule has 0 spiro atoms. The van der Waals surface area contributed by atoms with Crippen molar-refractivity contribution < 1.29 is 4.79 Å². The summed E-state index contributed by atoms with van der Waals surface area (Å²) < 4.78 is 0. The Balaban J connectivity index is 0.00000392. The van der Waals surface area contributed by atoms with Crippen molar-refractivity contribution in [1.29, 1.82) is 0 Å². The summed E-state index contributed by atoms with van der Waals surface area (Å²) in [6.45, 7) is 8.66. The second kappa shape index (κ2) is 12.9. The molecule has 0 unspecified atom stereocenters. The third kappa shape index (κ3) is 8.32. The van der Waals surface area contributed by atoms with Crippen LogP contribution in [0.5, 0.6) is 0 Å². The Hall–Kier alpha value is -1.39. The molecule has 0 fully saturated rings. The molecule has 0 atom stereocenters. The Kier molecular flexibility index (Phi) is 11.4. The Bertz CT molecular complexity index is 760. The van der Waals surface area contributed by atoms with Gasteiger partial charge in [0.2, 0.25) is 0 Å². The van der Waals surface area contributed by atoms with Crippen LogP contribution in [0.25, 0.3) is 0 Å². The van der Waals surface area contributed by atoms with Crippen LogP contribution in [0, 0.1) is 13.8 Å². The molecule has 28 heavy (non-hydrogen) atoms. The molecule has 9 heteroatoms. The van der Waals surface area contributed by atoms with Gasteiger partial charge in [-0.25, -0.2) is 4.98 Å². The molecule has 0 aliphatic heterocycles. The molecule has 0 saturated carbocycles. The van der Waals surface area contributed by atoms with Crippen molar-refractivity contribution in [2.24, 2.45) is 4.99 Å². The predicted octanol–water partition coefficient (Wildman–Crippen LogP) is 3.56. The van der Waals surface area contributed by atoms with E-state index in [1.54, 1.807) is 35.6 Å². The molecule has 0 aliphatic rings. The number of nitrogens with zero attached hydrogens (tertiary/aromatic N) is 2. The first-order chi connectivity index (χ1) is 13.0. The second-order valence-corrected chi connectivity index (χ2v) is 7.67. The highest BCUT2D eigenvalue weighted by molar-refractivity contribution is 14.0. The topological polar surface area (TPSA) is 78.4 Å². The number of carbonyl (C=O) groups excluding carboxylic acids is 1. The van der Waals surface area contributed by atoms with Gasteiger partial charge in [-0.1, -0.05) is 11.6 Å². The van der Waals surface area contributed by atoms with Crippen molar-refractivity contribution in [2.75, 3.05) is 26.2 Å². The minimum Gasteiger partial charge on any atom is -0.357 e. The molecule has 3 N–H and O–H groups in total. The molecule has 1 aromatic carbocycles. The lowest BCUT2D eigenvalue weighted by Crippen LogP contribution is -2.41. The van der Waals surface area contributed by atoms with E-state index in [-0.39, 0.29) is 29.9 Å². The summed E-state index contributed by atoms with van der Waals surface area (Å²) in [6.07, 6.45) is 0.823. The molecule has 0 saturated heterocycles. The van der Waals surface area contributed by atoms with Crippen molar-refractivity contribution >= 4 is 58.8 Å². The molecule has 1 aromatic heterocycles. The first kappa shape index (κ1) is 24.6. The van der Waals surface area contributed by atoms with Crippen LogP contribution < -0.4 is 16.0 Å². The van der Waals surface area contributed by atoms with E-state index < -0.39 is 0 Å². The van der Waals surface area contributed by atoms with E-state index in [2.05, 4.69) is 32.9 Å². The van der Waals surface area contributed by atoms with Gasteiger partial charge in [0.25, 0.3) is 5.91 Å². The Labute approximate surface area is 192 Å². The van der Waals surface area contributed by atoms with E-state index in [0.717, 1.165) is 29.6 Å². The van der Waals surface area contributed by atoms with Crippen molar-refractivity contribution in [3.05, 3.63) is 50.4 Å². The Morgan fingerprint density at radius 2 is 1.82 bits per heavy atom. The summed E-state index contributed by atoms with van der Waals surface area (Å²) >= 11 is 7.56. The molecule has 1 amide bonds. The van der Waals surface area contributed by atoms with Gasteiger partial charge in [0.15, 0.2) is 5.96 Å². The molecule has 2 aromatic rings. The molecule has 0 radical (unpaired) electrons. The van der Waals surface area contributed by atoms with Gasteiger partial charge in [0, 0.05) is 48.1 Å². The van der Waals surface area contributed by atoms with E-state index >= 15 is 0 Å².